The number of nitrogens with one attached hydrogen (secondary N) is 1. The Morgan fingerprint density at radius 3 is 2.62 bits per heavy atom. The molecular formula is C21H25Cl2N7O2. The van der Waals surface area contributed by atoms with Crippen molar-refractivity contribution < 1.29 is 9.84 Å². The van der Waals surface area contributed by atoms with Crippen molar-refractivity contribution in [1.29, 1.82) is 0 Å². The summed E-state index contributed by atoms with van der Waals surface area (Å²) in [4.78, 5) is 13.6. The summed E-state index contributed by atoms with van der Waals surface area (Å²) >= 11 is 12.6. The molecule has 2 aliphatic rings. The molecule has 170 valence electrons. The number of ether oxygens (including phenoxy) is 1. The van der Waals surface area contributed by atoms with Crippen LogP contribution in [-0.4, -0.2) is 80.8 Å². The number of anilines is 3. The lowest BCUT2D eigenvalue weighted by Gasteiger charge is -2.45. The molecule has 0 spiro atoms. The van der Waals surface area contributed by atoms with Crippen LogP contribution in [0.2, 0.25) is 10.2 Å². The lowest BCUT2D eigenvalue weighted by Crippen LogP contribution is -2.60. The van der Waals surface area contributed by atoms with E-state index in [9.17, 15) is 5.11 Å². The van der Waals surface area contributed by atoms with Gasteiger partial charge in [-0.3, -0.25) is 9.58 Å². The highest BCUT2D eigenvalue weighted by molar-refractivity contribution is 6.34. The van der Waals surface area contributed by atoms with Crippen molar-refractivity contribution in [2.24, 2.45) is 7.05 Å². The van der Waals surface area contributed by atoms with E-state index in [0.717, 1.165) is 42.8 Å². The Hall–Kier alpha value is -2.17. The first-order chi connectivity index (χ1) is 15.3. The van der Waals surface area contributed by atoms with Crippen molar-refractivity contribution in [2.45, 2.75) is 18.6 Å². The number of benzene rings is 1. The lowest BCUT2D eigenvalue weighted by atomic mass is 9.95. The molecule has 2 aromatic heterocycles. The highest BCUT2D eigenvalue weighted by Gasteiger charge is 2.44. The van der Waals surface area contributed by atoms with Crippen molar-refractivity contribution in [3.05, 3.63) is 34.6 Å². The topological polar surface area (TPSA) is 91.6 Å². The fraction of sp³-hybridized carbons (Fsp3) is 0.476. The zero-order valence-corrected chi connectivity index (χ0v) is 19.4. The van der Waals surface area contributed by atoms with Gasteiger partial charge in [0, 0.05) is 50.9 Å². The lowest BCUT2D eigenvalue weighted by molar-refractivity contribution is 0.00884. The normalized spacial score (nSPS) is 24.4. The van der Waals surface area contributed by atoms with Crippen molar-refractivity contribution in [1.82, 2.24) is 24.6 Å². The van der Waals surface area contributed by atoms with Crippen molar-refractivity contribution in [3.8, 4) is 0 Å². The van der Waals surface area contributed by atoms with E-state index in [2.05, 4.69) is 37.1 Å². The molecule has 0 aliphatic carbocycles. The third kappa shape index (κ3) is 3.88. The SMILES string of the molecule is Cn1nc(Cl)cc1Nc1ncc2cc(Cl)c(N3CCN(C4(C)COCC4O)CC3)cc2n1. The molecule has 2 saturated heterocycles. The molecule has 0 amide bonds. The van der Waals surface area contributed by atoms with E-state index >= 15 is 0 Å². The minimum Gasteiger partial charge on any atom is -0.389 e. The van der Waals surface area contributed by atoms with Crippen LogP contribution in [0.3, 0.4) is 0 Å². The first-order valence-corrected chi connectivity index (χ1v) is 11.3. The van der Waals surface area contributed by atoms with Gasteiger partial charge in [-0.1, -0.05) is 23.2 Å². The molecule has 4 heterocycles. The number of aliphatic hydroxyl groups is 1. The quantitative estimate of drug-likeness (QED) is 0.592. The Morgan fingerprint density at radius 2 is 1.97 bits per heavy atom. The van der Waals surface area contributed by atoms with Crippen molar-refractivity contribution >= 4 is 51.6 Å². The summed E-state index contributed by atoms with van der Waals surface area (Å²) in [5.41, 5.74) is 1.41. The van der Waals surface area contributed by atoms with Gasteiger partial charge in [0.25, 0.3) is 0 Å². The zero-order valence-electron chi connectivity index (χ0n) is 17.9. The summed E-state index contributed by atoms with van der Waals surface area (Å²) in [5.74, 6) is 1.16. The predicted octanol–water partition coefficient (Wildman–Crippen LogP) is 2.69. The van der Waals surface area contributed by atoms with Gasteiger partial charge in [-0.15, -0.1) is 0 Å². The van der Waals surface area contributed by atoms with Crippen LogP contribution in [0.5, 0.6) is 0 Å². The summed E-state index contributed by atoms with van der Waals surface area (Å²) in [7, 11) is 1.80. The molecule has 2 atom stereocenters. The molecule has 2 fully saturated rings. The maximum Gasteiger partial charge on any atom is 0.228 e. The third-order valence-electron chi connectivity index (χ3n) is 6.47. The Morgan fingerprint density at radius 1 is 1.19 bits per heavy atom. The summed E-state index contributed by atoms with van der Waals surface area (Å²) in [6, 6.07) is 5.62. The Kier molecular flexibility index (Phi) is 5.63. The van der Waals surface area contributed by atoms with E-state index < -0.39 is 6.10 Å². The average Bonchev–Trinajstić information content (AvgIpc) is 3.28. The molecule has 0 saturated carbocycles. The van der Waals surface area contributed by atoms with Gasteiger partial charge in [0.05, 0.1) is 41.1 Å². The van der Waals surface area contributed by atoms with Gasteiger partial charge in [0.15, 0.2) is 5.15 Å². The van der Waals surface area contributed by atoms with Gasteiger partial charge < -0.3 is 20.1 Å². The van der Waals surface area contributed by atoms with Crippen LogP contribution >= 0.6 is 23.2 Å². The van der Waals surface area contributed by atoms with Crippen LogP contribution in [0.15, 0.2) is 24.4 Å². The van der Waals surface area contributed by atoms with Gasteiger partial charge in [-0.25, -0.2) is 9.97 Å². The van der Waals surface area contributed by atoms with Crippen LogP contribution in [0.4, 0.5) is 17.5 Å². The molecular weight excluding hydrogens is 453 g/mol. The van der Waals surface area contributed by atoms with E-state index in [4.69, 9.17) is 27.9 Å². The molecule has 0 bridgehead atoms. The van der Waals surface area contributed by atoms with E-state index in [1.54, 1.807) is 24.0 Å². The number of nitrogens with zero attached hydrogens (tertiary/aromatic N) is 6. The average molecular weight is 478 g/mol. The van der Waals surface area contributed by atoms with Crippen molar-refractivity contribution in [2.75, 3.05) is 49.6 Å². The Labute approximate surface area is 195 Å². The van der Waals surface area contributed by atoms with Crippen molar-refractivity contribution in [3.63, 3.8) is 0 Å². The van der Waals surface area contributed by atoms with Gasteiger partial charge >= 0.3 is 0 Å². The number of piperazine rings is 1. The van der Waals surface area contributed by atoms with Gasteiger partial charge in [-0.05, 0) is 19.1 Å². The maximum atomic E-state index is 10.4. The van der Waals surface area contributed by atoms with Crippen LogP contribution in [0.25, 0.3) is 10.9 Å². The van der Waals surface area contributed by atoms with Crippen LogP contribution < -0.4 is 10.2 Å². The highest BCUT2D eigenvalue weighted by Crippen LogP contribution is 2.33. The van der Waals surface area contributed by atoms with E-state index in [-0.39, 0.29) is 5.54 Å². The van der Waals surface area contributed by atoms with E-state index in [0.29, 0.717) is 35.2 Å². The number of halogens is 2. The fourth-order valence-corrected chi connectivity index (χ4v) is 4.93. The molecule has 3 aromatic rings. The standard InChI is InChI=1S/C21H25Cl2N7O2/c1-21(12-32-11-17(21)31)30-5-3-29(4-6-30)16-8-15-13(7-14(16)22)10-24-20(25-15)26-19-9-18(23)27-28(19)2/h7-10,17,31H,3-6,11-12H2,1-2H3,(H,24,25,26). The van der Waals surface area contributed by atoms with E-state index in [1.165, 1.54) is 0 Å². The zero-order chi connectivity index (χ0) is 22.5. The molecule has 2 aliphatic heterocycles. The molecule has 0 radical (unpaired) electrons. The number of hydrogen-bond donors (Lipinski definition) is 2. The molecule has 5 rings (SSSR count). The number of aromatic nitrogens is 4. The van der Waals surface area contributed by atoms with E-state index in [1.807, 2.05) is 12.1 Å². The molecule has 2 N–H and O–H groups in total. The van der Waals surface area contributed by atoms with Gasteiger partial charge in [0.2, 0.25) is 5.95 Å². The second-order valence-electron chi connectivity index (χ2n) is 8.52. The number of aryl methyl sites for hydroxylation is 1. The summed E-state index contributed by atoms with van der Waals surface area (Å²) in [6.07, 6.45) is 1.29. The van der Waals surface area contributed by atoms with Gasteiger partial charge in [-0.2, -0.15) is 5.10 Å². The minimum absolute atomic E-state index is 0.332. The summed E-state index contributed by atoms with van der Waals surface area (Å²) in [5, 5.41) is 19.6. The molecule has 9 nitrogen and oxygen atoms in total. The minimum atomic E-state index is -0.463. The smallest absolute Gasteiger partial charge is 0.228 e. The van der Waals surface area contributed by atoms with Crippen LogP contribution in [0, 0.1) is 0 Å². The molecule has 1 aromatic carbocycles. The summed E-state index contributed by atoms with van der Waals surface area (Å²) < 4.78 is 7.14. The van der Waals surface area contributed by atoms with Crippen LogP contribution in [-0.2, 0) is 11.8 Å². The number of fused-ring (bicyclic) bond motifs is 1. The fourth-order valence-electron chi connectivity index (χ4n) is 4.42. The maximum absolute atomic E-state index is 10.4. The highest BCUT2D eigenvalue weighted by atomic mass is 35.5. The molecule has 11 heteroatoms. The predicted molar refractivity (Wildman–Crippen MR) is 125 cm³/mol. The largest absolute Gasteiger partial charge is 0.389 e. The first-order valence-electron chi connectivity index (χ1n) is 10.5. The molecule has 2 unspecified atom stereocenters. The second kappa shape index (κ2) is 8.31. The Bertz CT molecular complexity index is 1150. The Balaban J connectivity index is 1.36. The van der Waals surface area contributed by atoms with Crippen LogP contribution in [0.1, 0.15) is 6.92 Å². The monoisotopic (exact) mass is 477 g/mol. The molecule has 32 heavy (non-hydrogen) atoms. The van der Waals surface area contributed by atoms with Gasteiger partial charge in [0.1, 0.15) is 5.82 Å². The number of rotatable bonds is 4. The first kappa shape index (κ1) is 21.7. The number of hydrogen-bond acceptors (Lipinski definition) is 8. The summed E-state index contributed by atoms with van der Waals surface area (Å²) in [6.45, 7) is 6.28. The second-order valence-corrected chi connectivity index (χ2v) is 9.31. The number of aliphatic hydroxyl groups excluding tert-OH is 1. The third-order valence-corrected chi connectivity index (χ3v) is 6.96.